The van der Waals surface area contributed by atoms with Gasteiger partial charge in [0.05, 0.1) is 37.8 Å². The van der Waals surface area contributed by atoms with Crippen LogP contribution in [0.25, 0.3) is 5.65 Å². The van der Waals surface area contributed by atoms with Crippen LogP contribution in [-0.4, -0.2) is 58.9 Å². The van der Waals surface area contributed by atoms with Crippen molar-refractivity contribution in [3.05, 3.63) is 40.8 Å². The first-order valence-electron chi connectivity index (χ1n) is 11.9. The first kappa shape index (κ1) is 28.9. The summed E-state index contributed by atoms with van der Waals surface area (Å²) < 4.78 is 12.5. The molecule has 0 aliphatic rings. The topological polar surface area (TPSA) is 179 Å². The third-order valence-electron chi connectivity index (χ3n) is 5.41. The first-order chi connectivity index (χ1) is 17.8. The quantitative estimate of drug-likeness (QED) is 0.151. The van der Waals surface area contributed by atoms with Crippen LogP contribution in [0.3, 0.4) is 0 Å². The van der Waals surface area contributed by atoms with Crippen LogP contribution in [0.5, 0.6) is 0 Å². The van der Waals surface area contributed by atoms with E-state index in [4.69, 9.17) is 32.7 Å². The van der Waals surface area contributed by atoms with Crippen molar-refractivity contribution < 1.29 is 24.4 Å². The molecule has 0 unspecified atom stereocenters. The Balaban J connectivity index is 1.68. The summed E-state index contributed by atoms with van der Waals surface area (Å²) in [6, 6.07) is 4.85. The van der Waals surface area contributed by atoms with Crippen molar-refractivity contribution in [2.45, 2.75) is 45.9 Å². The predicted molar refractivity (Wildman–Crippen MR) is 145 cm³/mol. The lowest BCUT2D eigenvalue weighted by Gasteiger charge is -2.24. The van der Waals surface area contributed by atoms with Gasteiger partial charge in [-0.15, -0.1) is 0 Å². The molecule has 0 aliphatic carbocycles. The summed E-state index contributed by atoms with van der Waals surface area (Å²) in [4.78, 5) is 31.2. The Morgan fingerprint density at radius 3 is 2.63 bits per heavy atom. The molecule has 0 aliphatic heterocycles. The molecular formula is C24H35ClN9O4+. The van der Waals surface area contributed by atoms with Crippen molar-refractivity contribution >= 4 is 52.0 Å². The molecule has 206 valence electrons. The molecular weight excluding hydrogens is 514 g/mol. The highest BCUT2D eigenvalue weighted by molar-refractivity contribution is 6.29. The Bertz CT molecular complexity index is 1320. The summed E-state index contributed by atoms with van der Waals surface area (Å²) in [7, 11) is 3.42. The summed E-state index contributed by atoms with van der Waals surface area (Å²) in [5.74, 6) is 5.11. The van der Waals surface area contributed by atoms with E-state index in [1.807, 2.05) is 25.4 Å². The molecule has 3 rings (SSSR count). The number of nitrogens with two attached hydrogens (primary N) is 3. The molecule has 0 spiro atoms. The Hall–Kier alpha value is -3.65. The Labute approximate surface area is 225 Å². The summed E-state index contributed by atoms with van der Waals surface area (Å²) in [5, 5.41) is 9.03. The fourth-order valence-electron chi connectivity index (χ4n) is 3.68. The molecule has 38 heavy (non-hydrogen) atoms. The van der Waals surface area contributed by atoms with Gasteiger partial charge in [0.25, 0.3) is 5.91 Å². The number of anilines is 3. The van der Waals surface area contributed by atoms with Crippen molar-refractivity contribution in [1.82, 2.24) is 19.9 Å². The number of amides is 2. The number of benzene rings is 1. The van der Waals surface area contributed by atoms with Gasteiger partial charge in [0.2, 0.25) is 0 Å². The number of hydrazine groups is 1. The molecule has 1 atom stereocenters. The monoisotopic (exact) mass is 548 g/mol. The zero-order chi connectivity index (χ0) is 28.2. The van der Waals surface area contributed by atoms with Crippen LogP contribution >= 0.6 is 11.6 Å². The van der Waals surface area contributed by atoms with Crippen LogP contribution in [0.2, 0.25) is 5.15 Å². The molecule has 2 amide bonds. The number of aromatic nitrogens is 3. The summed E-state index contributed by atoms with van der Waals surface area (Å²) in [5.41, 5.74) is 11.6. The smallest absolute Gasteiger partial charge is 0.414 e. The SMILES string of the molecule is C[NH2+]c1cc(COC[C@@H](C)NC(=O)c2cnc3c(N(C)C(=O)OC(C)(C)C)cc(Cl)nn23)cc(N)c1NN. The van der Waals surface area contributed by atoms with E-state index in [9.17, 15) is 9.59 Å². The lowest BCUT2D eigenvalue weighted by Crippen LogP contribution is -2.73. The minimum absolute atomic E-state index is 0.0742. The molecule has 2 heterocycles. The third kappa shape index (κ3) is 6.81. The van der Waals surface area contributed by atoms with Crippen molar-refractivity contribution in [3.63, 3.8) is 0 Å². The number of hydrogen-bond acceptors (Lipinski definition) is 9. The van der Waals surface area contributed by atoms with Crippen LogP contribution in [0, 0.1) is 0 Å². The van der Waals surface area contributed by atoms with Crippen molar-refractivity contribution in [2.75, 3.05) is 36.8 Å². The molecule has 0 fully saturated rings. The number of ether oxygens (including phenoxy) is 2. The van der Waals surface area contributed by atoms with Crippen LogP contribution in [0.4, 0.5) is 27.5 Å². The van der Waals surface area contributed by atoms with Crippen molar-refractivity contribution in [3.8, 4) is 0 Å². The number of carbonyl (C=O) groups excluding carboxylic acids is 2. The Morgan fingerprint density at radius 2 is 2.00 bits per heavy atom. The van der Waals surface area contributed by atoms with E-state index in [0.717, 1.165) is 11.3 Å². The average molecular weight is 549 g/mol. The van der Waals surface area contributed by atoms with Crippen molar-refractivity contribution in [1.29, 1.82) is 0 Å². The number of nitrogens with one attached hydrogen (secondary N) is 2. The fourth-order valence-corrected chi connectivity index (χ4v) is 3.86. The number of hydrogen-bond donors (Lipinski definition) is 5. The maximum absolute atomic E-state index is 13.0. The van der Waals surface area contributed by atoms with Crippen molar-refractivity contribution in [2.24, 2.45) is 5.84 Å². The van der Waals surface area contributed by atoms with Gasteiger partial charge >= 0.3 is 6.09 Å². The van der Waals surface area contributed by atoms with E-state index >= 15 is 0 Å². The van der Waals surface area contributed by atoms with E-state index in [1.54, 1.807) is 26.8 Å². The summed E-state index contributed by atoms with van der Waals surface area (Å²) >= 11 is 6.21. The van der Waals surface area contributed by atoms with E-state index in [1.165, 1.54) is 28.7 Å². The normalized spacial score (nSPS) is 12.3. The molecule has 0 saturated heterocycles. The van der Waals surface area contributed by atoms with E-state index < -0.39 is 17.6 Å². The maximum Gasteiger partial charge on any atom is 0.414 e. The van der Waals surface area contributed by atoms with E-state index in [2.05, 4.69) is 20.8 Å². The molecule has 13 nitrogen and oxygen atoms in total. The van der Waals surface area contributed by atoms with Crippen LogP contribution in [-0.2, 0) is 16.1 Å². The van der Waals surface area contributed by atoms with Crippen LogP contribution < -0.4 is 32.5 Å². The zero-order valence-corrected chi connectivity index (χ0v) is 23.1. The second kappa shape index (κ2) is 11.8. The summed E-state index contributed by atoms with van der Waals surface area (Å²) in [6.45, 7) is 7.64. The summed E-state index contributed by atoms with van der Waals surface area (Å²) in [6.07, 6.45) is 0.771. The highest BCUT2D eigenvalue weighted by atomic mass is 35.5. The molecule has 0 bridgehead atoms. The third-order valence-corrected chi connectivity index (χ3v) is 5.59. The molecule has 2 aromatic heterocycles. The Kier molecular flexibility index (Phi) is 8.99. The average Bonchev–Trinajstić information content (AvgIpc) is 3.25. The molecule has 8 N–H and O–H groups in total. The fraction of sp³-hybridized carbons (Fsp3) is 0.417. The van der Waals surface area contributed by atoms with E-state index in [0.29, 0.717) is 23.7 Å². The molecule has 0 radical (unpaired) electrons. The first-order valence-corrected chi connectivity index (χ1v) is 12.3. The highest BCUT2D eigenvalue weighted by Crippen LogP contribution is 2.27. The minimum Gasteiger partial charge on any atom is -0.443 e. The van der Waals surface area contributed by atoms with Gasteiger partial charge in [-0.2, -0.15) is 5.10 Å². The van der Waals surface area contributed by atoms with Gasteiger partial charge in [-0.25, -0.2) is 14.3 Å². The van der Waals surface area contributed by atoms with Gasteiger partial charge in [-0.1, -0.05) is 11.6 Å². The zero-order valence-electron chi connectivity index (χ0n) is 22.3. The number of nitrogens with zero attached hydrogens (tertiary/aromatic N) is 4. The maximum atomic E-state index is 13.0. The molecule has 3 aromatic rings. The second-order valence-electron chi connectivity index (χ2n) is 9.74. The van der Waals surface area contributed by atoms with Crippen LogP contribution in [0.15, 0.2) is 24.4 Å². The highest BCUT2D eigenvalue weighted by Gasteiger charge is 2.25. The second-order valence-corrected chi connectivity index (χ2v) is 10.1. The number of nitrogen functional groups attached to an aromatic ring is 2. The molecule has 14 heteroatoms. The number of carbonyl (C=O) groups is 2. The van der Waals surface area contributed by atoms with Gasteiger partial charge in [0, 0.05) is 25.2 Å². The Morgan fingerprint density at radius 1 is 1.29 bits per heavy atom. The van der Waals surface area contributed by atoms with Gasteiger partial charge in [-0.05, 0) is 39.3 Å². The van der Waals surface area contributed by atoms with Gasteiger partial charge in [0.1, 0.15) is 11.3 Å². The van der Waals surface area contributed by atoms with Crippen LogP contribution in [0.1, 0.15) is 43.7 Å². The lowest BCUT2D eigenvalue weighted by molar-refractivity contribution is -0.538. The number of fused-ring (bicyclic) bond motifs is 1. The number of imidazole rings is 1. The number of quaternary nitrogens is 1. The standard InChI is InChI=1S/C24H34ClN9O4/c1-13(11-37-12-14-7-15(26)20(31-27)16(8-14)28-5)30-22(35)18-10-29-21-17(9-19(25)32-34(18)21)33(6)23(36)38-24(2,3)4/h7-10,13,28,31H,11-12,26-27H2,1-6H3,(H,30,35)/p+1/t13-/m1/s1. The van der Waals surface area contributed by atoms with Gasteiger partial charge in [-0.3, -0.25) is 15.5 Å². The predicted octanol–water partition coefficient (Wildman–Crippen LogP) is 1.78. The number of rotatable bonds is 9. The van der Waals surface area contributed by atoms with Gasteiger partial charge in [0.15, 0.2) is 22.2 Å². The molecule has 1 aromatic carbocycles. The molecule has 0 saturated carbocycles. The largest absolute Gasteiger partial charge is 0.443 e. The van der Waals surface area contributed by atoms with Gasteiger partial charge < -0.3 is 31.3 Å². The van der Waals surface area contributed by atoms with E-state index in [-0.39, 0.29) is 29.1 Å². The lowest BCUT2D eigenvalue weighted by atomic mass is 10.1. The minimum atomic E-state index is -0.689. The number of halogens is 1.